The fraction of sp³-hybridized carbons (Fsp3) is 0.902. The first kappa shape index (κ1) is 98.5. The van der Waals surface area contributed by atoms with Crippen molar-refractivity contribution in [1.82, 2.24) is 0 Å². The van der Waals surface area contributed by atoms with Gasteiger partial charge in [-0.15, -0.1) is 0 Å². The number of aliphatic hydroxyl groups excluding tert-OH is 1. The van der Waals surface area contributed by atoms with Crippen LogP contribution in [0.3, 0.4) is 0 Å². The zero-order valence-electron chi connectivity index (χ0n) is 65.7. The Labute approximate surface area is 618 Å². The molecule has 2 unspecified atom stereocenters. The second-order valence-corrected chi connectivity index (χ2v) is 32.7. The molecule has 19 heteroatoms. The lowest BCUT2D eigenvalue weighted by Gasteiger charge is -2.21. The minimum Gasteiger partial charge on any atom is -0.462 e. The third-order valence-corrected chi connectivity index (χ3v) is 20.5. The molecule has 0 aromatic rings. The van der Waals surface area contributed by atoms with E-state index in [1.807, 2.05) is 0 Å². The lowest BCUT2D eigenvalue weighted by Crippen LogP contribution is -2.30. The van der Waals surface area contributed by atoms with Crippen LogP contribution in [-0.4, -0.2) is 96.7 Å². The van der Waals surface area contributed by atoms with Gasteiger partial charge in [0.15, 0.2) is 12.2 Å². The summed E-state index contributed by atoms with van der Waals surface area (Å²) < 4.78 is 68.7. The summed E-state index contributed by atoms with van der Waals surface area (Å²) in [4.78, 5) is 73.1. The molecule has 101 heavy (non-hydrogen) atoms. The number of unbranched alkanes of at least 4 members (excludes halogenated alkanes) is 46. The molecule has 0 rings (SSSR count). The highest BCUT2D eigenvalue weighted by atomic mass is 31.2. The SMILES string of the molecule is CCCCCC/C=C\C=C/CCCCCCCC(=O)O[C@H](COC(=O)CCCCCCCCCCCC(C)C)COP(=O)(O)OC[C@H](O)COP(=O)(O)OC[C@@H](COC(=O)CCCCCCCCCCCCCCCC(C)C)OC(=O)CCCCCCCCCCCCCCCCCCCC. The number of phosphoric acid groups is 2. The average Bonchev–Trinajstić information content (AvgIpc) is 1.05. The predicted octanol–water partition coefficient (Wildman–Crippen LogP) is 24.2. The Balaban J connectivity index is 5.30. The first-order valence-electron chi connectivity index (χ1n) is 41.8. The Morgan fingerprint density at radius 2 is 0.535 bits per heavy atom. The smallest absolute Gasteiger partial charge is 0.462 e. The number of hydrogen-bond acceptors (Lipinski definition) is 15. The Morgan fingerprint density at radius 3 is 0.812 bits per heavy atom. The summed E-state index contributed by atoms with van der Waals surface area (Å²) in [7, 11) is -9.94. The van der Waals surface area contributed by atoms with Gasteiger partial charge in [0.1, 0.15) is 19.3 Å². The van der Waals surface area contributed by atoms with Gasteiger partial charge in [-0.1, -0.05) is 355 Å². The van der Waals surface area contributed by atoms with Gasteiger partial charge >= 0.3 is 39.5 Å². The minimum absolute atomic E-state index is 0.0848. The van der Waals surface area contributed by atoms with E-state index in [0.29, 0.717) is 25.7 Å². The van der Waals surface area contributed by atoms with Gasteiger partial charge in [0.2, 0.25) is 0 Å². The van der Waals surface area contributed by atoms with Crippen LogP contribution in [0.15, 0.2) is 24.3 Å². The van der Waals surface area contributed by atoms with Crippen LogP contribution in [0.5, 0.6) is 0 Å². The van der Waals surface area contributed by atoms with Crippen LogP contribution in [-0.2, 0) is 65.4 Å². The molecule has 0 heterocycles. The zero-order chi connectivity index (χ0) is 74.2. The molecule has 0 saturated carbocycles. The predicted molar refractivity (Wildman–Crippen MR) is 414 cm³/mol. The van der Waals surface area contributed by atoms with Crippen LogP contribution in [0.4, 0.5) is 0 Å². The van der Waals surface area contributed by atoms with E-state index < -0.39 is 97.5 Å². The summed E-state index contributed by atoms with van der Waals surface area (Å²) in [5.74, 6) is -0.606. The Hall–Kier alpha value is -2.46. The van der Waals surface area contributed by atoms with Gasteiger partial charge in [-0.2, -0.15) is 0 Å². The van der Waals surface area contributed by atoms with Crippen LogP contribution in [0.1, 0.15) is 408 Å². The van der Waals surface area contributed by atoms with Gasteiger partial charge in [0.25, 0.3) is 0 Å². The summed E-state index contributed by atoms with van der Waals surface area (Å²) in [5, 5.41) is 10.6. The number of hydrogen-bond donors (Lipinski definition) is 3. The van der Waals surface area contributed by atoms with Gasteiger partial charge in [0.05, 0.1) is 26.4 Å². The molecule has 596 valence electrons. The number of aliphatic hydroxyl groups is 1. The quantitative estimate of drug-likeness (QED) is 0.0169. The van der Waals surface area contributed by atoms with Crippen LogP contribution < -0.4 is 0 Å². The molecule has 0 saturated heterocycles. The molecule has 0 aromatic carbocycles. The second-order valence-electron chi connectivity index (χ2n) is 29.8. The third-order valence-electron chi connectivity index (χ3n) is 18.6. The molecule has 0 aliphatic heterocycles. The first-order valence-corrected chi connectivity index (χ1v) is 44.8. The Bertz CT molecular complexity index is 2040. The van der Waals surface area contributed by atoms with Gasteiger partial charge in [-0.3, -0.25) is 37.3 Å². The van der Waals surface area contributed by atoms with Gasteiger partial charge < -0.3 is 33.8 Å². The van der Waals surface area contributed by atoms with Crippen molar-refractivity contribution in [3.63, 3.8) is 0 Å². The standard InChI is InChI=1S/C82H156O17P2/c1-7-9-11-13-15-17-19-21-23-24-25-27-31-36-42-49-55-61-67-82(87)98-77(70-92-79(84)64-58-52-46-40-34-32-28-29-33-38-44-50-56-62-74(3)4)72-96-100(88,89)94-68-76(83)69-95-101(90,91)97-73-78(71-93-80(85)65-59-53-47-43-37-39-45-51-57-63-75(5)6)99-81(86)66-60-54-48-41-35-30-26-22-20-18-16-14-12-10-8-2/h18,20,22,26,74-78,83H,7-17,19,21,23-25,27-73H2,1-6H3,(H,88,89)(H,90,91)/b20-18-,26-22-/t76-,77-,78-/m1/s1. The maximum Gasteiger partial charge on any atom is 0.472 e. The normalized spacial score (nSPS) is 14.0. The van der Waals surface area contributed by atoms with E-state index in [1.165, 1.54) is 212 Å². The number of carbonyl (C=O) groups excluding carboxylic acids is 4. The number of allylic oxidation sites excluding steroid dienone is 4. The topological polar surface area (TPSA) is 237 Å². The number of rotatable bonds is 79. The number of esters is 4. The molecule has 0 spiro atoms. The van der Waals surface area contributed by atoms with Crippen molar-refractivity contribution in [2.24, 2.45) is 11.8 Å². The molecule has 0 fully saturated rings. The van der Waals surface area contributed by atoms with E-state index in [2.05, 4.69) is 65.8 Å². The number of carbonyl (C=O) groups is 4. The van der Waals surface area contributed by atoms with Gasteiger partial charge in [-0.25, -0.2) is 9.13 Å². The van der Waals surface area contributed by atoms with Crippen LogP contribution in [0, 0.1) is 11.8 Å². The van der Waals surface area contributed by atoms with Crippen molar-refractivity contribution in [3.05, 3.63) is 24.3 Å². The molecule has 0 bridgehead atoms. The summed E-state index contributed by atoms with van der Waals surface area (Å²) >= 11 is 0. The van der Waals surface area contributed by atoms with E-state index in [9.17, 15) is 43.2 Å². The van der Waals surface area contributed by atoms with E-state index in [4.69, 9.17) is 37.0 Å². The van der Waals surface area contributed by atoms with E-state index in [1.54, 1.807) is 0 Å². The molecule has 0 radical (unpaired) electrons. The van der Waals surface area contributed by atoms with Crippen molar-refractivity contribution in [2.75, 3.05) is 39.6 Å². The Morgan fingerprint density at radius 1 is 0.307 bits per heavy atom. The molecule has 0 amide bonds. The molecule has 0 aliphatic carbocycles. The summed E-state index contributed by atoms with van der Waals surface area (Å²) in [6.45, 7) is 9.57. The number of phosphoric ester groups is 2. The Kier molecular flexibility index (Phi) is 71.3. The van der Waals surface area contributed by atoms with E-state index in [-0.39, 0.29) is 25.7 Å². The molecular formula is C82H156O17P2. The van der Waals surface area contributed by atoms with Crippen molar-refractivity contribution in [1.29, 1.82) is 0 Å². The maximum absolute atomic E-state index is 13.1. The fourth-order valence-electron chi connectivity index (χ4n) is 12.2. The largest absolute Gasteiger partial charge is 0.472 e. The van der Waals surface area contributed by atoms with Crippen molar-refractivity contribution in [2.45, 2.75) is 426 Å². The second kappa shape index (κ2) is 73.1. The summed E-state index contributed by atoms with van der Waals surface area (Å²) in [5.41, 5.74) is 0. The lowest BCUT2D eigenvalue weighted by molar-refractivity contribution is -0.161. The number of ether oxygens (including phenoxy) is 4. The minimum atomic E-state index is -4.97. The fourth-order valence-corrected chi connectivity index (χ4v) is 13.8. The molecule has 5 atom stereocenters. The highest BCUT2D eigenvalue weighted by Gasteiger charge is 2.30. The molecule has 3 N–H and O–H groups in total. The van der Waals surface area contributed by atoms with Gasteiger partial charge in [-0.05, 0) is 63.2 Å². The summed E-state index contributed by atoms with van der Waals surface area (Å²) in [6.07, 6.45) is 66.0. The third kappa shape index (κ3) is 75.6. The van der Waals surface area contributed by atoms with Crippen molar-refractivity contribution in [3.8, 4) is 0 Å². The van der Waals surface area contributed by atoms with Crippen LogP contribution >= 0.6 is 15.6 Å². The van der Waals surface area contributed by atoms with E-state index >= 15 is 0 Å². The average molecular weight is 1480 g/mol. The van der Waals surface area contributed by atoms with Gasteiger partial charge in [0, 0.05) is 25.7 Å². The van der Waals surface area contributed by atoms with E-state index in [0.717, 1.165) is 115 Å². The molecular weight excluding hydrogens is 1320 g/mol. The molecule has 17 nitrogen and oxygen atoms in total. The van der Waals surface area contributed by atoms with Crippen LogP contribution in [0.2, 0.25) is 0 Å². The first-order chi connectivity index (χ1) is 48.9. The van der Waals surface area contributed by atoms with Crippen LogP contribution in [0.25, 0.3) is 0 Å². The molecule has 0 aliphatic rings. The molecule has 0 aromatic heterocycles. The van der Waals surface area contributed by atoms with Crippen molar-refractivity contribution >= 4 is 39.5 Å². The van der Waals surface area contributed by atoms with Crippen molar-refractivity contribution < 1.29 is 80.2 Å². The lowest BCUT2D eigenvalue weighted by atomic mass is 10.0. The highest BCUT2D eigenvalue weighted by molar-refractivity contribution is 7.47. The summed E-state index contributed by atoms with van der Waals surface area (Å²) in [6, 6.07) is 0. The highest BCUT2D eigenvalue weighted by Crippen LogP contribution is 2.45. The monoisotopic (exact) mass is 1480 g/mol. The maximum atomic E-state index is 13.1. The zero-order valence-corrected chi connectivity index (χ0v) is 67.5.